The smallest absolute Gasteiger partial charge is 0.322 e. The quantitative estimate of drug-likeness (QED) is 0.507. The van der Waals surface area contributed by atoms with E-state index in [-0.39, 0.29) is 17.2 Å². The van der Waals surface area contributed by atoms with Crippen LogP contribution in [0.15, 0.2) is 0 Å². The van der Waals surface area contributed by atoms with Crippen molar-refractivity contribution in [3.05, 3.63) is 0 Å². The maximum absolute atomic E-state index is 11.4. The van der Waals surface area contributed by atoms with Gasteiger partial charge >= 0.3 is 6.03 Å². The van der Waals surface area contributed by atoms with Gasteiger partial charge in [0.05, 0.1) is 0 Å². The first-order valence-electron chi connectivity index (χ1n) is 4.94. The van der Waals surface area contributed by atoms with Crippen molar-refractivity contribution in [1.29, 1.82) is 0 Å². The van der Waals surface area contributed by atoms with Gasteiger partial charge in [-0.15, -0.1) is 11.6 Å². The zero-order valence-corrected chi connectivity index (χ0v) is 8.51. The molecule has 0 radical (unpaired) electrons. The Bertz CT molecular complexity index is 270. The number of amides is 3. The molecule has 0 unspecified atom stereocenters. The molecule has 0 aromatic carbocycles. The zero-order chi connectivity index (χ0) is 10.1. The third-order valence-electron chi connectivity index (χ3n) is 2.97. The molecule has 1 saturated carbocycles. The van der Waals surface area contributed by atoms with Crippen LogP contribution in [0.2, 0.25) is 0 Å². The second kappa shape index (κ2) is 3.77. The SMILES string of the molecule is O=C1NC(=O)[C@H]([C@@H]2CCCC[C@@H]2Cl)N1. The van der Waals surface area contributed by atoms with E-state index < -0.39 is 12.1 Å². The molecule has 4 nitrogen and oxygen atoms in total. The maximum Gasteiger partial charge on any atom is 0.322 e. The minimum atomic E-state index is -0.412. The zero-order valence-electron chi connectivity index (χ0n) is 7.75. The predicted molar refractivity (Wildman–Crippen MR) is 52.1 cm³/mol. The third kappa shape index (κ3) is 1.71. The molecule has 1 saturated heterocycles. The summed E-state index contributed by atoms with van der Waals surface area (Å²) >= 11 is 6.14. The highest BCUT2D eigenvalue weighted by atomic mass is 35.5. The molecule has 0 aromatic rings. The predicted octanol–water partition coefficient (Wildman–Crippen LogP) is 0.992. The number of nitrogens with one attached hydrogen (secondary N) is 2. The molecule has 2 aliphatic rings. The molecule has 5 heteroatoms. The number of alkyl halides is 1. The van der Waals surface area contributed by atoms with Crippen molar-refractivity contribution in [3.8, 4) is 0 Å². The fourth-order valence-corrected chi connectivity index (χ4v) is 2.65. The van der Waals surface area contributed by atoms with E-state index in [9.17, 15) is 9.59 Å². The molecule has 1 aliphatic heterocycles. The molecule has 1 aliphatic carbocycles. The van der Waals surface area contributed by atoms with E-state index in [1.165, 1.54) is 0 Å². The minimum Gasteiger partial charge on any atom is -0.326 e. The van der Waals surface area contributed by atoms with E-state index in [0.717, 1.165) is 25.7 Å². The molecule has 1 heterocycles. The lowest BCUT2D eigenvalue weighted by molar-refractivity contribution is -0.121. The standard InChI is InChI=1S/C9H13ClN2O2/c10-6-4-2-1-3-5(6)7-8(13)12-9(14)11-7/h5-7H,1-4H2,(H2,11,12,13,14)/t5-,6+,7+/m1/s1. The van der Waals surface area contributed by atoms with E-state index >= 15 is 0 Å². The molecule has 3 atom stereocenters. The second-order valence-corrected chi connectivity index (χ2v) is 4.47. The Morgan fingerprint density at radius 3 is 2.50 bits per heavy atom. The van der Waals surface area contributed by atoms with E-state index in [1.807, 2.05) is 0 Å². The van der Waals surface area contributed by atoms with Crippen LogP contribution >= 0.6 is 11.6 Å². The maximum atomic E-state index is 11.4. The highest BCUT2D eigenvalue weighted by Crippen LogP contribution is 2.31. The Balaban J connectivity index is 2.06. The lowest BCUT2D eigenvalue weighted by atomic mass is 9.83. The van der Waals surface area contributed by atoms with E-state index in [0.29, 0.717) is 0 Å². The molecule has 2 N–H and O–H groups in total. The molecule has 3 amide bonds. The van der Waals surface area contributed by atoms with E-state index in [4.69, 9.17) is 11.6 Å². The molecule has 0 aromatic heterocycles. The first kappa shape index (κ1) is 9.77. The fourth-order valence-electron chi connectivity index (χ4n) is 2.22. The van der Waals surface area contributed by atoms with Crippen molar-refractivity contribution >= 4 is 23.5 Å². The van der Waals surface area contributed by atoms with Crippen LogP contribution in [0.25, 0.3) is 0 Å². The molecule has 2 fully saturated rings. The number of hydrogen-bond donors (Lipinski definition) is 2. The van der Waals surface area contributed by atoms with Crippen LogP contribution in [-0.2, 0) is 4.79 Å². The lowest BCUT2D eigenvalue weighted by Gasteiger charge is -2.29. The van der Waals surface area contributed by atoms with Crippen molar-refractivity contribution in [3.63, 3.8) is 0 Å². The average Bonchev–Trinajstić information content (AvgIpc) is 2.46. The highest BCUT2D eigenvalue weighted by molar-refractivity contribution is 6.21. The van der Waals surface area contributed by atoms with Crippen LogP contribution < -0.4 is 10.6 Å². The topological polar surface area (TPSA) is 58.2 Å². The summed E-state index contributed by atoms with van der Waals surface area (Å²) in [6, 6.07) is -0.806. The van der Waals surface area contributed by atoms with Gasteiger partial charge in [0, 0.05) is 11.3 Å². The number of halogens is 1. The summed E-state index contributed by atoms with van der Waals surface area (Å²) in [4.78, 5) is 22.3. The number of urea groups is 1. The fraction of sp³-hybridized carbons (Fsp3) is 0.778. The summed E-state index contributed by atoms with van der Waals surface area (Å²) in [6.07, 6.45) is 4.07. The Morgan fingerprint density at radius 2 is 1.93 bits per heavy atom. The van der Waals surface area contributed by atoms with Crippen LogP contribution in [0.5, 0.6) is 0 Å². The van der Waals surface area contributed by atoms with Gasteiger partial charge in [0.2, 0.25) is 0 Å². The summed E-state index contributed by atoms with van der Waals surface area (Å²) in [5.74, 6) is -0.135. The molecule has 0 bridgehead atoms. The summed E-state index contributed by atoms with van der Waals surface area (Å²) in [5.41, 5.74) is 0. The highest BCUT2D eigenvalue weighted by Gasteiger charge is 2.40. The van der Waals surface area contributed by atoms with Gasteiger partial charge in [-0.1, -0.05) is 12.8 Å². The van der Waals surface area contributed by atoms with E-state index in [2.05, 4.69) is 10.6 Å². The molecular formula is C9H13ClN2O2. The Morgan fingerprint density at radius 1 is 1.21 bits per heavy atom. The monoisotopic (exact) mass is 216 g/mol. The third-order valence-corrected chi connectivity index (χ3v) is 3.51. The molecule has 14 heavy (non-hydrogen) atoms. The first-order valence-corrected chi connectivity index (χ1v) is 5.37. The lowest BCUT2D eigenvalue weighted by Crippen LogP contribution is -2.42. The Labute approximate surface area is 87.4 Å². The van der Waals surface area contributed by atoms with Crippen LogP contribution in [-0.4, -0.2) is 23.4 Å². The van der Waals surface area contributed by atoms with E-state index in [1.54, 1.807) is 0 Å². The van der Waals surface area contributed by atoms with Gasteiger partial charge in [-0.2, -0.15) is 0 Å². The molecule has 2 rings (SSSR count). The summed E-state index contributed by atoms with van der Waals surface area (Å²) in [6.45, 7) is 0. The van der Waals surface area contributed by atoms with Crippen LogP contribution in [0.1, 0.15) is 25.7 Å². The second-order valence-electron chi connectivity index (χ2n) is 3.90. The number of imide groups is 1. The van der Waals surface area contributed by atoms with Crippen molar-refractivity contribution < 1.29 is 9.59 Å². The number of hydrogen-bond acceptors (Lipinski definition) is 2. The van der Waals surface area contributed by atoms with Crippen LogP contribution in [0.3, 0.4) is 0 Å². The molecule has 0 spiro atoms. The Kier molecular flexibility index (Phi) is 2.63. The van der Waals surface area contributed by atoms with Gasteiger partial charge in [0.25, 0.3) is 5.91 Å². The summed E-state index contributed by atoms with van der Waals surface area (Å²) in [7, 11) is 0. The van der Waals surface area contributed by atoms with Crippen LogP contribution in [0, 0.1) is 5.92 Å². The normalized spacial score (nSPS) is 37.9. The van der Waals surface area contributed by atoms with Gasteiger partial charge in [0.1, 0.15) is 6.04 Å². The first-order chi connectivity index (χ1) is 6.68. The van der Waals surface area contributed by atoms with Crippen molar-refractivity contribution in [2.24, 2.45) is 5.92 Å². The average molecular weight is 217 g/mol. The minimum absolute atomic E-state index is 0.0119. The number of carbonyl (C=O) groups is 2. The summed E-state index contributed by atoms with van der Waals surface area (Å²) in [5, 5.41) is 4.87. The molecule has 78 valence electrons. The molecular weight excluding hydrogens is 204 g/mol. The van der Waals surface area contributed by atoms with Gasteiger partial charge < -0.3 is 5.32 Å². The largest absolute Gasteiger partial charge is 0.326 e. The van der Waals surface area contributed by atoms with Gasteiger partial charge in [-0.25, -0.2) is 4.79 Å². The van der Waals surface area contributed by atoms with Gasteiger partial charge in [-0.3, -0.25) is 10.1 Å². The van der Waals surface area contributed by atoms with Crippen molar-refractivity contribution in [2.45, 2.75) is 37.1 Å². The number of rotatable bonds is 1. The van der Waals surface area contributed by atoms with Crippen molar-refractivity contribution in [2.75, 3.05) is 0 Å². The number of carbonyl (C=O) groups excluding carboxylic acids is 2. The van der Waals surface area contributed by atoms with Crippen LogP contribution in [0.4, 0.5) is 4.79 Å². The Hall–Kier alpha value is -0.770. The van der Waals surface area contributed by atoms with Gasteiger partial charge in [-0.05, 0) is 12.8 Å². The van der Waals surface area contributed by atoms with Gasteiger partial charge in [0.15, 0.2) is 0 Å². The summed E-state index contributed by atoms with van der Waals surface area (Å²) < 4.78 is 0. The van der Waals surface area contributed by atoms with Crippen molar-refractivity contribution in [1.82, 2.24) is 10.6 Å².